The number of aliphatic hydroxyl groups is 1. The van der Waals surface area contributed by atoms with E-state index >= 15 is 0 Å². The van der Waals surface area contributed by atoms with E-state index in [0.717, 1.165) is 22.4 Å². The Morgan fingerprint density at radius 3 is 1.98 bits per heavy atom. The summed E-state index contributed by atoms with van der Waals surface area (Å²) in [5.41, 5.74) is 4.61. The molecule has 8 rings (SSSR count). The van der Waals surface area contributed by atoms with Crippen molar-refractivity contribution in [3.63, 3.8) is 0 Å². The highest BCUT2D eigenvalue weighted by molar-refractivity contribution is 6.14. The standard InChI is InChI=1S/C47H42N6O9/c54-21-17-37(53-44(56)42-39-24-38(51-28-30-10-8-20-49-26-30)41(47(60)62-39)40(42)32-13-5-2-6-14-32)46(59)61-22-18-36(45(57)58)52-43(55)34-16-15-33(50-27-29-9-7-19-48-25-29)23-35(34)31-11-3-1-4-12-31/h1-16,19-20,23-26,36-37,50-51,54H,17-18,21-22,27-28H2,(H,52,55)(H,53,56)(H,57,58)/t36-,37-/m0/s1. The van der Waals surface area contributed by atoms with Crippen molar-refractivity contribution in [2.24, 2.45) is 0 Å². The number of amides is 2. The number of nitrogens with one attached hydrogen (secondary N) is 4. The van der Waals surface area contributed by atoms with Gasteiger partial charge in [-0.25, -0.2) is 14.4 Å². The molecule has 15 heteroatoms. The molecule has 4 aromatic carbocycles. The number of esters is 1. The highest BCUT2D eigenvalue weighted by Crippen LogP contribution is 2.37. The third-order valence-corrected chi connectivity index (χ3v) is 10.0. The van der Waals surface area contributed by atoms with Crippen molar-refractivity contribution in [3.05, 3.63) is 167 Å². The molecule has 0 saturated carbocycles. The van der Waals surface area contributed by atoms with Crippen LogP contribution in [-0.4, -0.2) is 69.2 Å². The summed E-state index contributed by atoms with van der Waals surface area (Å²) < 4.78 is 11.0. The first-order valence-corrected chi connectivity index (χ1v) is 19.8. The van der Waals surface area contributed by atoms with E-state index in [4.69, 9.17) is 9.15 Å². The number of pyridine rings is 2. The number of ether oxygens (including phenoxy) is 1. The van der Waals surface area contributed by atoms with Gasteiger partial charge in [-0.2, -0.15) is 0 Å². The molecule has 0 unspecified atom stereocenters. The molecule has 0 aliphatic rings. The van der Waals surface area contributed by atoms with Crippen molar-refractivity contribution < 1.29 is 38.5 Å². The molecule has 0 spiro atoms. The Hall–Kier alpha value is -7.91. The van der Waals surface area contributed by atoms with Gasteiger partial charge >= 0.3 is 17.6 Å². The molecule has 2 bridgehead atoms. The van der Waals surface area contributed by atoms with Crippen LogP contribution < -0.4 is 26.9 Å². The number of hydrogen-bond acceptors (Lipinski definition) is 12. The van der Waals surface area contributed by atoms with Crippen molar-refractivity contribution in [1.29, 1.82) is 0 Å². The zero-order valence-electron chi connectivity index (χ0n) is 33.2. The number of aliphatic hydroxyl groups excluding tert-OH is 1. The maximum Gasteiger partial charge on any atom is 0.346 e. The lowest BCUT2D eigenvalue weighted by Gasteiger charge is -2.21. The minimum absolute atomic E-state index is 0.00528. The van der Waals surface area contributed by atoms with Gasteiger partial charge in [0.2, 0.25) is 0 Å². The van der Waals surface area contributed by atoms with Crippen molar-refractivity contribution in [3.8, 4) is 22.3 Å². The van der Waals surface area contributed by atoms with E-state index in [1.807, 2.05) is 54.6 Å². The Kier molecular flexibility index (Phi) is 13.5. The van der Waals surface area contributed by atoms with E-state index in [9.17, 15) is 34.2 Å². The molecule has 4 aromatic heterocycles. The molecule has 62 heavy (non-hydrogen) atoms. The first-order chi connectivity index (χ1) is 30.2. The van der Waals surface area contributed by atoms with Gasteiger partial charge in [0.25, 0.3) is 11.8 Å². The zero-order chi connectivity index (χ0) is 43.4. The van der Waals surface area contributed by atoms with Crippen LogP contribution in [0.15, 0.2) is 143 Å². The predicted molar refractivity (Wildman–Crippen MR) is 232 cm³/mol. The van der Waals surface area contributed by atoms with Crippen LogP contribution in [0, 0.1) is 0 Å². The maximum absolute atomic E-state index is 14.1. The summed E-state index contributed by atoms with van der Waals surface area (Å²) in [6, 6.07) is 29.2. The first kappa shape index (κ1) is 42.2. The van der Waals surface area contributed by atoms with Crippen molar-refractivity contribution >= 4 is 46.1 Å². The summed E-state index contributed by atoms with van der Waals surface area (Å²) in [6.07, 6.45) is 6.20. The minimum Gasteiger partial charge on any atom is -0.480 e. The van der Waals surface area contributed by atoms with Crippen molar-refractivity contribution in [2.45, 2.75) is 38.0 Å². The second-order valence-electron chi connectivity index (χ2n) is 14.2. The number of carboxylic acid groups (broad SMARTS) is 1. The zero-order valence-corrected chi connectivity index (χ0v) is 33.2. The van der Waals surface area contributed by atoms with Gasteiger partial charge in [-0.1, -0.05) is 72.8 Å². The van der Waals surface area contributed by atoms with Crippen LogP contribution in [-0.2, 0) is 27.4 Å². The molecule has 314 valence electrons. The first-order valence-electron chi connectivity index (χ1n) is 19.8. The van der Waals surface area contributed by atoms with Crippen LogP contribution in [0.3, 0.4) is 0 Å². The van der Waals surface area contributed by atoms with Gasteiger partial charge in [-0.05, 0) is 58.1 Å². The van der Waals surface area contributed by atoms with E-state index < -0.39 is 54.7 Å². The highest BCUT2D eigenvalue weighted by atomic mass is 16.5. The summed E-state index contributed by atoms with van der Waals surface area (Å²) in [5, 5.41) is 31.8. The average molecular weight is 835 g/mol. The molecular weight excluding hydrogens is 793 g/mol. The Balaban J connectivity index is 1.04. The van der Waals surface area contributed by atoms with E-state index in [0.29, 0.717) is 29.9 Å². The van der Waals surface area contributed by atoms with E-state index in [2.05, 4.69) is 31.2 Å². The lowest BCUT2D eigenvalue weighted by atomic mass is 9.93. The Morgan fingerprint density at radius 1 is 0.710 bits per heavy atom. The van der Waals surface area contributed by atoms with E-state index in [-0.39, 0.29) is 40.5 Å². The normalized spacial score (nSPS) is 12.0. The van der Waals surface area contributed by atoms with Crippen molar-refractivity contribution in [2.75, 3.05) is 23.8 Å². The van der Waals surface area contributed by atoms with Crippen LogP contribution in [0.25, 0.3) is 33.2 Å². The summed E-state index contributed by atoms with van der Waals surface area (Å²) in [4.78, 5) is 75.1. The Bertz CT molecular complexity index is 2700. The average Bonchev–Trinajstić information content (AvgIpc) is 3.30. The summed E-state index contributed by atoms with van der Waals surface area (Å²) >= 11 is 0. The number of hydrogen-bond donors (Lipinski definition) is 6. The third kappa shape index (κ3) is 10.1. The molecular formula is C47H42N6O9. The molecule has 0 fully saturated rings. The lowest BCUT2D eigenvalue weighted by molar-refractivity contribution is -0.148. The number of carbonyl (C=O) groups is 4. The molecule has 0 aliphatic heterocycles. The number of aliphatic carboxylic acids is 1. The summed E-state index contributed by atoms with van der Waals surface area (Å²) in [6.45, 7) is -0.139. The SMILES string of the molecule is O=C(N[C@@H](CCOC(=O)[C@H](CCO)NC(=O)c1c(-c2ccccc2)c2c(NCc3cccnc3)cc1oc2=O)C(=O)O)c1ccc(NCc2cccnc2)cc1-c1ccccc1. The second-order valence-corrected chi connectivity index (χ2v) is 14.2. The Morgan fingerprint density at radius 2 is 1.35 bits per heavy atom. The molecule has 4 heterocycles. The minimum atomic E-state index is -1.46. The lowest BCUT2D eigenvalue weighted by Crippen LogP contribution is -2.44. The van der Waals surface area contributed by atoms with Gasteiger partial charge in [0.1, 0.15) is 17.7 Å². The second kappa shape index (κ2) is 19.9. The van der Waals surface area contributed by atoms with E-state index in [1.54, 1.807) is 73.3 Å². The monoisotopic (exact) mass is 834 g/mol. The smallest absolute Gasteiger partial charge is 0.346 e. The van der Waals surface area contributed by atoms with Crippen molar-refractivity contribution in [1.82, 2.24) is 20.6 Å². The summed E-state index contributed by atoms with van der Waals surface area (Å²) in [5.74, 6) is -3.73. The van der Waals surface area contributed by atoms with Crippen LogP contribution in [0.5, 0.6) is 0 Å². The number of rotatable bonds is 19. The number of aromatic nitrogens is 2. The van der Waals surface area contributed by atoms with Gasteiger partial charge in [-0.3, -0.25) is 19.6 Å². The van der Waals surface area contributed by atoms with Crippen LogP contribution in [0.2, 0.25) is 0 Å². The molecule has 6 N–H and O–H groups in total. The van der Waals surface area contributed by atoms with Crippen LogP contribution >= 0.6 is 0 Å². The number of carboxylic acids is 1. The van der Waals surface area contributed by atoms with Gasteiger partial charge < -0.3 is 40.6 Å². The quantitative estimate of drug-likeness (QED) is 0.0525. The Labute approximate surface area is 355 Å². The fourth-order valence-electron chi connectivity index (χ4n) is 6.96. The van der Waals surface area contributed by atoms with Gasteiger partial charge in [0.15, 0.2) is 0 Å². The number of carbonyl (C=O) groups excluding carboxylic acids is 3. The van der Waals surface area contributed by atoms with Crippen LogP contribution in [0.1, 0.15) is 44.7 Å². The molecule has 0 saturated heterocycles. The van der Waals surface area contributed by atoms with Gasteiger partial charge in [-0.15, -0.1) is 0 Å². The maximum atomic E-state index is 14.1. The molecule has 0 radical (unpaired) electrons. The van der Waals surface area contributed by atoms with Gasteiger partial charge in [0, 0.05) is 80.2 Å². The fourth-order valence-corrected chi connectivity index (χ4v) is 6.96. The summed E-state index contributed by atoms with van der Waals surface area (Å²) in [7, 11) is 0. The number of anilines is 2. The highest BCUT2D eigenvalue weighted by Gasteiger charge is 2.31. The number of nitrogens with zero attached hydrogens (tertiary/aromatic N) is 2. The molecule has 2 atom stereocenters. The topological polar surface area (TPSA) is 222 Å². The molecule has 8 aromatic rings. The van der Waals surface area contributed by atoms with Gasteiger partial charge in [0.05, 0.1) is 23.2 Å². The molecule has 15 nitrogen and oxygen atoms in total. The number of benzene rings is 4. The fraction of sp³-hybridized carbons (Fsp3) is 0.170. The van der Waals surface area contributed by atoms with Crippen LogP contribution in [0.4, 0.5) is 11.4 Å². The third-order valence-electron chi connectivity index (χ3n) is 10.0. The predicted octanol–water partition coefficient (Wildman–Crippen LogP) is 5.88. The molecule has 0 aliphatic carbocycles. The molecule has 2 amide bonds. The largest absolute Gasteiger partial charge is 0.480 e. The number of fused-ring (bicyclic) bond motifs is 3. The van der Waals surface area contributed by atoms with E-state index in [1.165, 1.54) is 6.07 Å².